The molecule has 1 aromatic carbocycles. The van der Waals surface area contributed by atoms with E-state index in [1.165, 1.54) is 5.56 Å². The van der Waals surface area contributed by atoms with Gasteiger partial charge in [0.15, 0.2) is 0 Å². The minimum atomic E-state index is 0.230. The molecule has 0 aliphatic carbocycles. The Labute approximate surface area is 120 Å². The molecule has 2 rings (SSSR count). The number of aryl methyl sites for hydroxylation is 1. The maximum Gasteiger partial charge on any atom is 0.0645 e. The van der Waals surface area contributed by atoms with Crippen molar-refractivity contribution in [2.45, 2.75) is 39.3 Å². The Kier molecular flexibility index (Phi) is 5.32. The number of benzene rings is 1. The van der Waals surface area contributed by atoms with Crippen LogP contribution in [0.4, 0.5) is 0 Å². The Balaban J connectivity index is 2.05. The number of hydrogen-bond acceptors (Lipinski definition) is 3. The summed E-state index contributed by atoms with van der Waals surface area (Å²) < 4.78 is 1.92. The quantitative estimate of drug-likeness (QED) is 0.814. The molecule has 0 radical (unpaired) electrons. The average Bonchev–Trinajstić information content (AvgIpc) is 2.86. The highest BCUT2D eigenvalue weighted by molar-refractivity contribution is 5.32. The summed E-state index contributed by atoms with van der Waals surface area (Å²) in [5, 5.41) is 17.1. The molecule has 0 aliphatic rings. The second-order valence-electron chi connectivity index (χ2n) is 5.02. The van der Waals surface area contributed by atoms with Crippen molar-refractivity contribution in [1.82, 2.24) is 15.1 Å². The molecule has 1 unspecified atom stereocenters. The van der Waals surface area contributed by atoms with Crippen molar-refractivity contribution >= 4 is 0 Å². The van der Waals surface area contributed by atoms with Gasteiger partial charge in [-0.25, -0.2) is 4.68 Å². The fraction of sp³-hybridized carbons (Fsp3) is 0.438. The number of hydrogen-bond donors (Lipinski definition) is 2. The van der Waals surface area contributed by atoms with E-state index in [2.05, 4.69) is 23.5 Å². The van der Waals surface area contributed by atoms with Gasteiger partial charge >= 0.3 is 0 Å². The molecule has 0 amide bonds. The van der Waals surface area contributed by atoms with Crippen molar-refractivity contribution < 1.29 is 5.11 Å². The summed E-state index contributed by atoms with van der Waals surface area (Å²) in [6, 6.07) is 10.5. The van der Waals surface area contributed by atoms with Crippen LogP contribution < -0.4 is 5.32 Å². The summed E-state index contributed by atoms with van der Waals surface area (Å²) in [6.45, 7) is 5.18. The minimum Gasteiger partial charge on any atom is -0.396 e. The molecule has 1 atom stereocenters. The highest BCUT2D eigenvalue weighted by Crippen LogP contribution is 2.12. The SMILES string of the molecule is CCC(CCO)NCc1cn(-c2ccccc2)nc1C. The lowest BCUT2D eigenvalue weighted by atomic mass is 10.1. The van der Waals surface area contributed by atoms with Crippen molar-refractivity contribution in [1.29, 1.82) is 0 Å². The van der Waals surface area contributed by atoms with Gasteiger partial charge in [0.1, 0.15) is 0 Å². The van der Waals surface area contributed by atoms with Crippen LogP contribution in [0, 0.1) is 6.92 Å². The van der Waals surface area contributed by atoms with Crippen LogP contribution in [0.25, 0.3) is 5.69 Å². The number of aromatic nitrogens is 2. The van der Waals surface area contributed by atoms with E-state index in [4.69, 9.17) is 5.11 Å². The van der Waals surface area contributed by atoms with Crippen LogP contribution in [0.15, 0.2) is 36.5 Å². The lowest BCUT2D eigenvalue weighted by molar-refractivity contribution is 0.262. The maximum absolute atomic E-state index is 9.02. The van der Waals surface area contributed by atoms with E-state index in [1.54, 1.807) is 0 Å². The molecule has 0 saturated carbocycles. The number of nitrogens with one attached hydrogen (secondary N) is 1. The van der Waals surface area contributed by atoms with Crippen molar-refractivity contribution in [2.24, 2.45) is 0 Å². The molecule has 1 aromatic heterocycles. The van der Waals surface area contributed by atoms with Gasteiger partial charge in [0.05, 0.1) is 11.4 Å². The Morgan fingerprint density at radius 2 is 2.05 bits per heavy atom. The van der Waals surface area contributed by atoms with E-state index in [1.807, 2.05) is 41.9 Å². The van der Waals surface area contributed by atoms with Crippen LogP contribution in [-0.4, -0.2) is 27.5 Å². The third-order valence-electron chi connectivity index (χ3n) is 3.57. The molecular weight excluding hydrogens is 250 g/mol. The Morgan fingerprint density at radius 1 is 1.30 bits per heavy atom. The predicted octanol–water partition coefficient (Wildman–Crippen LogP) is 2.43. The Bertz CT molecular complexity index is 522. The van der Waals surface area contributed by atoms with Crippen LogP contribution in [0.2, 0.25) is 0 Å². The first kappa shape index (κ1) is 14.8. The second kappa shape index (κ2) is 7.22. The van der Waals surface area contributed by atoms with Gasteiger partial charge in [-0.1, -0.05) is 25.1 Å². The fourth-order valence-electron chi connectivity index (χ4n) is 2.24. The molecule has 4 nitrogen and oxygen atoms in total. The van der Waals surface area contributed by atoms with E-state index >= 15 is 0 Å². The van der Waals surface area contributed by atoms with Gasteiger partial charge in [0.2, 0.25) is 0 Å². The number of aliphatic hydroxyl groups is 1. The normalized spacial score (nSPS) is 12.6. The topological polar surface area (TPSA) is 50.1 Å². The second-order valence-corrected chi connectivity index (χ2v) is 5.02. The van der Waals surface area contributed by atoms with Gasteiger partial charge in [0.25, 0.3) is 0 Å². The molecule has 0 spiro atoms. The van der Waals surface area contributed by atoms with Crippen LogP contribution in [0.5, 0.6) is 0 Å². The zero-order chi connectivity index (χ0) is 14.4. The molecule has 0 aliphatic heterocycles. The number of para-hydroxylation sites is 1. The molecule has 4 heteroatoms. The number of nitrogens with zero attached hydrogens (tertiary/aromatic N) is 2. The van der Waals surface area contributed by atoms with Crippen molar-refractivity contribution in [3.05, 3.63) is 47.8 Å². The van der Waals surface area contributed by atoms with Crippen molar-refractivity contribution in [3.8, 4) is 5.69 Å². The third-order valence-corrected chi connectivity index (χ3v) is 3.57. The van der Waals surface area contributed by atoms with Gasteiger partial charge in [-0.15, -0.1) is 0 Å². The number of aliphatic hydroxyl groups excluding tert-OH is 1. The zero-order valence-electron chi connectivity index (χ0n) is 12.2. The van der Waals surface area contributed by atoms with E-state index in [0.29, 0.717) is 6.04 Å². The van der Waals surface area contributed by atoms with Gasteiger partial charge in [-0.05, 0) is 31.9 Å². The molecule has 108 valence electrons. The first-order valence-corrected chi connectivity index (χ1v) is 7.19. The summed E-state index contributed by atoms with van der Waals surface area (Å²) >= 11 is 0. The summed E-state index contributed by atoms with van der Waals surface area (Å²) in [5.41, 5.74) is 3.31. The van der Waals surface area contributed by atoms with Crippen molar-refractivity contribution in [3.63, 3.8) is 0 Å². The summed E-state index contributed by atoms with van der Waals surface area (Å²) in [4.78, 5) is 0. The molecule has 0 bridgehead atoms. The number of rotatable bonds is 7. The standard InChI is InChI=1S/C16H23N3O/c1-3-15(9-10-20)17-11-14-12-19(18-13(14)2)16-7-5-4-6-8-16/h4-8,12,15,17,20H,3,9-11H2,1-2H3. The third kappa shape index (κ3) is 3.68. The minimum absolute atomic E-state index is 0.230. The van der Waals surface area contributed by atoms with E-state index in [0.717, 1.165) is 30.8 Å². The monoisotopic (exact) mass is 273 g/mol. The van der Waals surface area contributed by atoms with Crippen LogP contribution in [0.3, 0.4) is 0 Å². The molecule has 20 heavy (non-hydrogen) atoms. The molecule has 0 fully saturated rings. The molecular formula is C16H23N3O. The lowest BCUT2D eigenvalue weighted by Crippen LogP contribution is -2.28. The van der Waals surface area contributed by atoms with Crippen LogP contribution >= 0.6 is 0 Å². The first-order valence-electron chi connectivity index (χ1n) is 7.19. The summed E-state index contributed by atoms with van der Waals surface area (Å²) in [5.74, 6) is 0. The van der Waals surface area contributed by atoms with Gasteiger partial charge in [-0.2, -0.15) is 5.10 Å². The average molecular weight is 273 g/mol. The van der Waals surface area contributed by atoms with Crippen LogP contribution in [0.1, 0.15) is 31.0 Å². The summed E-state index contributed by atoms with van der Waals surface area (Å²) in [6.07, 6.45) is 3.89. The van der Waals surface area contributed by atoms with E-state index in [9.17, 15) is 0 Å². The van der Waals surface area contributed by atoms with Gasteiger partial charge in [-0.3, -0.25) is 0 Å². The smallest absolute Gasteiger partial charge is 0.0645 e. The fourth-order valence-corrected chi connectivity index (χ4v) is 2.24. The van der Waals surface area contributed by atoms with E-state index < -0.39 is 0 Å². The van der Waals surface area contributed by atoms with Crippen molar-refractivity contribution in [2.75, 3.05) is 6.61 Å². The molecule has 2 N–H and O–H groups in total. The highest BCUT2D eigenvalue weighted by Gasteiger charge is 2.09. The Morgan fingerprint density at radius 3 is 2.70 bits per heavy atom. The lowest BCUT2D eigenvalue weighted by Gasteiger charge is -2.15. The van der Waals surface area contributed by atoms with Gasteiger partial charge in [0, 0.05) is 31.0 Å². The Hall–Kier alpha value is -1.65. The largest absolute Gasteiger partial charge is 0.396 e. The predicted molar refractivity (Wildman–Crippen MR) is 80.9 cm³/mol. The highest BCUT2D eigenvalue weighted by atomic mass is 16.3. The maximum atomic E-state index is 9.02. The molecule has 0 saturated heterocycles. The molecule has 2 aromatic rings. The van der Waals surface area contributed by atoms with Gasteiger partial charge < -0.3 is 10.4 Å². The zero-order valence-corrected chi connectivity index (χ0v) is 12.2. The first-order chi connectivity index (χ1) is 9.74. The van der Waals surface area contributed by atoms with Crippen LogP contribution in [-0.2, 0) is 6.54 Å². The van der Waals surface area contributed by atoms with E-state index in [-0.39, 0.29) is 6.61 Å². The molecule has 1 heterocycles. The summed E-state index contributed by atoms with van der Waals surface area (Å²) in [7, 11) is 0.